The molecule has 0 spiro atoms. The quantitative estimate of drug-likeness (QED) is 0.839. The Bertz CT molecular complexity index is 364. The predicted molar refractivity (Wildman–Crippen MR) is 71.8 cm³/mol. The average Bonchev–Trinajstić information content (AvgIpc) is 2.23. The van der Waals surface area contributed by atoms with E-state index in [0.717, 1.165) is 5.33 Å². The van der Waals surface area contributed by atoms with E-state index in [1.54, 1.807) is 18.2 Å². The SMILES string of the molecule is CC(CBr)CNC(=O)c1cc(Cl)cc(Cl)c1. The van der Waals surface area contributed by atoms with E-state index >= 15 is 0 Å². The van der Waals surface area contributed by atoms with E-state index in [1.165, 1.54) is 0 Å². The van der Waals surface area contributed by atoms with Gasteiger partial charge in [0, 0.05) is 27.5 Å². The Labute approximate surface area is 113 Å². The number of rotatable bonds is 4. The third-order valence-electron chi connectivity index (χ3n) is 2.00. The second kappa shape index (κ2) is 6.48. The van der Waals surface area contributed by atoms with Crippen molar-refractivity contribution >= 4 is 45.0 Å². The molecular weight excluding hydrogens is 313 g/mol. The molecule has 0 radical (unpaired) electrons. The number of nitrogens with one attached hydrogen (secondary N) is 1. The molecule has 16 heavy (non-hydrogen) atoms. The van der Waals surface area contributed by atoms with Gasteiger partial charge >= 0.3 is 0 Å². The summed E-state index contributed by atoms with van der Waals surface area (Å²) in [5, 5.41) is 4.60. The van der Waals surface area contributed by atoms with Crippen LogP contribution in [0.5, 0.6) is 0 Å². The Hall–Kier alpha value is -0.250. The monoisotopic (exact) mass is 323 g/mol. The van der Waals surface area contributed by atoms with E-state index in [1.807, 2.05) is 6.92 Å². The van der Waals surface area contributed by atoms with Gasteiger partial charge in [0.25, 0.3) is 5.91 Å². The molecule has 1 rings (SSSR count). The molecule has 0 aromatic heterocycles. The summed E-state index contributed by atoms with van der Waals surface area (Å²) in [5.41, 5.74) is 0.485. The number of alkyl halides is 1. The summed E-state index contributed by atoms with van der Waals surface area (Å²) in [5.74, 6) is 0.232. The fourth-order valence-corrected chi connectivity index (χ4v) is 1.86. The average molecular weight is 325 g/mol. The van der Waals surface area contributed by atoms with Crippen molar-refractivity contribution in [2.24, 2.45) is 5.92 Å². The molecule has 5 heteroatoms. The molecule has 1 aromatic rings. The van der Waals surface area contributed by atoms with Crippen LogP contribution < -0.4 is 5.32 Å². The standard InChI is InChI=1S/C11H12BrCl2NO/c1-7(5-12)6-15-11(16)8-2-9(13)4-10(14)3-8/h2-4,7H,5-6H2,1H3,(H,15,16). The van der Waals surface area contributed by atoms with Gasteiger partial charge in [0.1, 0.15) is 0 Å². The van der Waals surface area contributed by atoms with Crippen molar-refractivity contribution in [1.29, 1.82) is 0 Å². The maximum Gasteiger partial charge on any atom is 0.251 e. The van der Waals surface area contributed by atoms with Crippen LogP contribution in [0, 0.1) is 5.92 Å². The fraction of sp³-hybridized carbons (Fsp3) is 0.364. The van der Waals surface area contributed by atoms with E-state index in [0.29, 0.717) is 28.1 Å². The molecule has 88 valence electrons. The van der Waals surface area contributed by atoms with Crippen LogP contribution in [0.25, 0.3) is 0 Å². The van der Waals surface area contributed by atoms with Gasteiger partial charge in [0.15, 0.2) is 0 Å². The first kappa shape index (κ1) is 13.8. The van der Waals surface area contributed by atoms with Crippen LogP contribution in [0.1, 0.15) is 17.3 Å². The molecule has 0 aliphatic rings. The molecule has 1 unspecified atom stereocenters. The molecule has 2 nitrogen and oxygen atoms in total. The van der Waals surface area contributed by atoms with E-state index < -0.39 is 0 Å². The number of carbonyl (C=O) groups excluding carboxylic acids is 1. The van der Waals surface area contributed by atoms with Crippen molar-refractivity contribution in [3.05, 3.63) is 33.8 Å². The molecule has 0 saturated heterocycles. The molecule has 0 heterocycles. The van der Waals surface area contributed by atoms with Gasteiger partial charge in [-0.1, -0.05) is 46.1 Å². The number of halogens is 3. The summed E-state index contributed by atoms with van der Waals surface area (Å²) in [7, 11) is 0. The molecular formula is C11H12BrCl2NO. The molecule has 0 bridgehead atoms. The predicted octanol–water partition coefficient (Wildman–Crippen LogP) is 3.75. The van der Waals surface area contributed by atoms with E-state index in [-0.39, 0.29) is 5.91 Å². The Kier molecular flexibility index (Phi) is 5.59. The highest BCUT2D eigenvalue weighted by Crippen LogP contribution is 2.18. The second-order valence-electron chi connectivity index (χ2n) is 3.63. The Balaban J connectivity index is 2.66. The summed E-state index contributed by atoms with van der Waals surface area (Å²) >= 11 is 15.0. The normalized spacial score (nSPS) is 12.2. The minimum Gasteiger partial charge on any atom is -0.352 e. The van der Waals surface area contributed by atoms with Crippen LogP contribution in [-0.2, 0) is 0 Å². The van der Waals surface area contributed by atoms with Gasteiger partial charge in [-0.25, -0.2) is 0 Å². The van der Waals surface area contributed by atoms with E-state index in [2.05, 4.69) is 21.2 Å². The van der Waals surface area contributed by atoms with Crippen LogP contribution in [0.4, 0.5) is 0 Å². The lowest BCUT2D eigenvalue weighted by atomic mass is 10.2. The van der Waals surface area contributed by atoms with Crippen LogP contribution in [-0.4, -0.2) is 17.8 Å². The third-order valence-corrected chi connectivity index (χ3v) is 3.54. The summed E-state index contributed by atoms with van der Waals surface area (Å²) < 4.78 is 0. The Morgan fingerprint density at radius 2 is 1.94 bits per heavy atom. The van der Waals surface area contributed by atoms with Gasteiger partial charge in [0.2, 0.25) is 0 Å². The lowest BCUT2D eigenvalue weighted by molar-refractivity contribution is 0.0949. The van der Waals surface area contributed by atoms with Crippen molar-refractivity contribution in [3.63, 3.8) is 0 Å². The first-order valence-electron chi connectivity index (χ1n) is 4.83. The first-order chi connectivity index (χ1) is 7.52. The maximum absolute atomic E-state index is 11.7. The lowest BCUT2D eigenvalue weighted by Gasteiger charge is -2.09. The first-order valence-corrected chi connectivity index (χ1v) is 6.71. The zero-order chi connectivity index (χ0) is 12.1. The van der Waals surface area contributed by atoms with Gasteiger partial charge in [-0.3, -0.25) is 4.79 Å². The second-order valence-corrected chi connectivity index (χ2v) is 5.15. The molecule has 0 aliphatic carbocycles. The number of hydrogen-bond acceptors (Lipinski definition) is 1. The maximum atomic E-state index is 11.7. The van der Waals surface area contributed by atoms with Crippen LogP contribution in [0.3, 0.4) is 0 Å². The summed E-state index contributed by atoms with van der Waals surface area (Å²) in [6.45, 7) is 2.66. The van der Waals surface area contributed by atoms with Crippen molar-refractivity contribution in [3.8, 4) is 0 Å². The largest absolute Gasteiger partial charge is 0.352 e. The summed E-state index contributed by atoms with van der Waals surface area (Å²) in [4.78, 5) is 11.7. The molecule has 1 amide bonds. The summed E-state index contributed by atoms with van der Waals surface area (Å²) in [6, 6.07) is 4.80. The zero-order valence-electron chi connectivity index (χ0n) is 8.77. The summed E-state index contributed by atoms with van der Waals surface area (Å²) in [6.07, 6.45) is 0. The van der Waals surface area contributed by atoms with Crippen LogP contribution in [0.2, 0.25) is 10.0 Å². The highest BCUT2D eigenvalue weighted by atomic mass is 79.9. The topological polar surface area (TPSA) is 29.1 Å². The number of benzene rings is 1. The molecule has 1 atom stereocenters. The molecule has 0 saturated carbocycles. The molecule has 1 N–H and O–H groups in total. The van der Waals surface area contributed by atoms with Gasteiger partial charge in [0.05, 0.1) is 0 Å². The molecule has 0 aliphatic heterocycles. The molecule has 1 aromatic carbocycles. The van der Waals surface area contributed by atoms with E-state index in [4.69, 9.17) is 23.2 Å². The van der Waals surface area contributed by atoms with Crippen molar-refractivity contribution in [2.45, 2.75) is 6.92 Å². The van der Waals surface area contributed by atoms with Crippen LogP contribution >= 0.6 is 39.1 Å². The van der Waals surface area contributed by atoms with Gasteiger partial charge < -0.3 is 5.32 Å². The highest BCUT2D eigenvalue weighted by molar-refractivity contribution is 9.09. The van der Waals surface area contributed by atoms with Crippen LogP contribution in [0.15, 0.2) is 18.2 Å². The highest BCUT2D eigenvalue weighted by Gasteiger charge is 2.08. The fourth-order valence-electron chi connectivity index (χ4n) is 1.11. The Morgan fingerprint density at radius 3 is 2.44 bits per heavy atom. The van der Waals surface area contributed by atoms with Gasteiger partial charge in [-0.15, -0.1) is 0 Å². The number of amides is 1. The lowest BCUT2D eigenvalue weighted by Crippen LogP contribution is -2.28. The van der Waals surface area contributed by atoms with Gasteiger partial charge in [-0.05, 0) is 24.1 Å². The van der Waals surface area contributed by atoms with Crippen molar-refractivity contribution in [2.75, 3.05) is 11.9 Å². The third kappa shape index (κ3) is 4.32. The minimum absolute atomic E-state index is 0.155. The van der Waals surface area contributed by atoms with Gasteiger partial charge in [-0.2, -0.15) is 0 Å². The Morgan fingerprint density at radius 1 is 1.38 bits per heavy atom. The zero-order valence-corrected chi connectivity index (χ0v) is 11.9. The van der Waals surface area contributed by atoms with E-state index in [9.17, 15) is 4.79 Å². The number of hydrogen-bond donors (Lipinski definition) is 1. The van der Waals surface area contributed by atoms with Crippen molar-refractivity contribution in [1.82, 2.24) is 5.32 Å². The smallest absolute Gasteiger partial charge is 0.251 e. The van der Waals surface area contributed by atoms with Crippen molar-refractivity contribution < 1.29 is 4.79 Å². The minimum atomic E-state index is -0.155. The number of carbonyl (C=O) groups is 1. The molecule has 0 fully saturated rings.